The molecule has 3 aromatic heterocycles. The molecule has 0 radical (unpaired) electrons. The zero-order valence-electron chi connectivity index (χ0n) is 18.8. The Bertz CT molecular complexity index is 1420. The van der Waals surface area contributed by atoms with E-state index < -0.39 is 17.2 Å². The third-order valence-corrected chi connectivity index (χ3v) is 5.39. The van der Waals surface area contributed by atoms with Crippen molar-refractivity contribution >= 4 is 22.8 Å². The summed E-state index contributed by atoms with van der Waals surface area (Å²) in [7, 11) is 0. The van der Waals surface area contributed by atoms with Crippen molar-refractivity contribution < 1.29 is 4.79 Å². The first-order valence-corrected chi connectivity index (χ1v) is 10.9. The van der Waals surface area contributed by atoms with E-state index in [1.165, 1.54) is 4.57 Å². The number of hydrogen-bond acceptors (Lipinski definition) is 5. The Morgan fingerprint density at radius 3 is 2.61 bits per heavy atom. The number of amides is 1. The minimum absolute atomic E-state index is 0.00553. The molecular formula is C24H26N6O3. The molecule has 9 nitrogen and oxygen atoms in total. The van der Waals surface area contributed by atoms with Gasteiger partial charge in [0, 0.05) is 18.3 Å². The van der Waals surface area contributed by atoms with Gasteiger partial charge in [-0.05, 0) is 24.0 Å². The average molecular weight is 447 g/mol. The van der Waals surface area contributed by atoms with Crippen molar-refractivity contribution in [3.8, 4) is 0 Å². The normalized spacial score (nSPS) is 11.3. The number of fused-ring (bicyclic) bond motifs is 1. The Hall–Kier alpha value is -4.01. The number of hydrogen-bond donors (Lipinski definition) is 2. The van der Waals surface area contributed by atoms with Crippen molar-refractivity contribution in [1.82, 2.24) is 24.3 Å². The standard InChI is InChI=1S/C24H26N6O3/c1-4-12-29-21-20(23(32)28-24(29)33)17(13-18(26-21)15(2)3)22(31)27-19-10-11-25-30(19)14-16-8-6-5-7-9-16/h5-11,13,15H,4,12,14H2,1-3H3,(H,27,31)(H,28,32,33). The second kappa shape index (κ2) is 9.23. The highest BCUT2D eigenvalue weighted by Gasteiger charge is 2.21. The number of anilines is 1. The van der Waals surface area contributed by atoms with E-state index in [1.54, 1.807) is 23.0 Å². The maximum absolute atomic E-state index is 13.4. The lowest BCUT2D eigenvalue weighted by atomic mass is 10.0. The molecule has 0 aliphatic rings. The molecule has 4 rings (SSSR count). The molecule has 0 spiro atoms. The number of carbonyl (C=O) groups is 1. The van der Waals surface area contributed by atoms with Crippen LogP contribution < -0.4 is 16.6 Å². The molecule has 4 aromatic rings. The zero-order chi connectivity index (χ0) is 23.5. The van der Waals surface area contributed by atoms with E-state index in [9.17, 15) is 14.4 Å². The van der Waals surface area contributed by atoms with Crippen LogP contribution in [0.1, 0.15) is 54.7 Å². The second-order valence-electron chi connectivity index (χ2n) is 8.17. The van der Waals surface area contributed by atoms with Gasteiger partial charge in [0.25, 0.3) is 11.5 Å². The van der Waals surface area contributed by atoms with E-state index in [0.29, 0.717) is 31.0 Å². The molecule has 0 fully saturated rings. The first-order valence-electron chi connectivity index (χ1n) is 10.9. The van der Waals surface area contributed by atoms with Gasteiger partial charge in [-0.2, -0.15) is 5.10 Å². The maximum atomic E-state index is 13.4. The van der Waals surface area contributed by atoms with Crippen LogP contribution in [0, 0.1) is 0 Å². The van der Waals surface area contributed by atoms with Gasteiger partial charge >= 0.3 is 5.69 Å². The van der Waals surface area contributed by atoms with Gasteiger partial charge in [-0.1, -0.05) is 51.1 Å². The Balaban J connectivity index is 1.79. The summed E-state index contributed by atoms with van der Waals surface area (Å²) in [5.74, 6) is 0.0264. The van der Waals surface area contributed by atoms with Crippen LogP contribution in [-0.4, -0.2) is 30.2 Å². The number of aryl methyl sites for hydroxylation is 1. The SMILES string of the molecule is CCCn1c(=O)[nH]c(=O)c2c(C(=O)Nc3ccnn3Cc3ccccc3)cc(C(C)C)nc21. The lowest BCUT2D eigenvalue weighted by Gasteiger charge is -2.15. The van der Waals surface area contributed by atoms with Crippen LogP contribution >= 0.6 is 0 Å². The first-order chi connectivity index (χ1) is 15.9. The molecule has 0 saturated carbocycles. The summed E-state index contributed by atoms with van der Waals surface area (Å²) >= 11 is 0. The Labute approximate surface area is 190 Å². The van der Waals surface area contributed by atoms with Gasteiger partial charge in [-0.15, -0.1) is 0 Å². The summed E-state index contributed by atoms with van der Waals surface area (Å²) in [5, 5.41) is 7.28. The Morgan fingerprint density at radius 1 is 1.15 bits per heavy atom. The van der Waals surface area contributed by atoms with Crippen LogP contribution in [0.2, 0.25) is 0 Å². The van der Waals surface area contributed by atoms with Crippen LogP contribution in [0.5, 0.6) is 0 Å². The van der Waals surface area contributed by atoms with Crippen molar-refractivity contribution in [3.63, 3.8) is 0 Å². The molecule has 0 unspecified atom stereocenters. The van der Waals surface area contributed by atoms with E-state index in [1.807, 2.05) is 51.1 Å². The number of carbonyl (C=O) groups excluding carboxylic acids is 1. The second-order valence-corrected chi connectivity index (χ2v) is 8.17. The molecule has 9 heteroatoms. The van der Waals surface area contributed by atoms with Crippen molar-refractivity contribution in [1.29, 1.82) is 0 Å². The highest BCUT2D eigenvalue weighted by molar-refractivity contribution is 6.11. The first kappa shape index (κ1) is 22.2. The van der Waals surface area contributed by atoms with E-state index in [0.717, 1.165) is 5.56 Å². The van der Waals surface area contributed by atoms with Gasteiger partial charge in [0.05, 0.1) is 23.7 Å². The van der Waals surface area contributed by atoms with Crippen molar-refractivity contribution in [2.75, 3.05) is 5.32 Å². The highest BCUT2D eigenvalue weighted by Crippen LogP contribution is 2.21. The number of pyridine rings is 1. The van der Waals surface area contributed by atoms with Crippen molar-refractivity contribution in [3.05, 3.63) is 86.3 Å². The predicted molar refractivity (Wildman–Crippen MR) is 127 cm³/mol. The lowest BCUT2D eigenvalue weighted by molar-refractivity contribution is 0.102. The molecule has 1 amide bonds. The monoisotopic (exact) mass is 446 g/mol. The van der Waals surface area contributed by atoms with Crippen LogP contribution in [0.25, 0.3) is 11.0 Å². The molecule has 1 aromatic carbocycles. The van der Waals surface area contributed by atoms with E-state index in [-0.39, 0.29) is 22.5 Å². The largest absolute Gasteiger partial charge is 0.329 e. The van der Waals surface area contributed by atoms with Crippen LogP contribution in [0.3, 0.4) is 0 Å². The van der Waals surface area contributed by atoms with Gasteiger partial charge in [0.15, 0.2) is 5.65 Å². The molecule has 3 heterocycles. The topological polar surface area (TPSA) is 115 Å². The minimum atomic E-state index is -0.631. The van der Waals surface area contributed by atoms with Crippen LogP contribution in [0.4, 0.5) is 5.82 Å². The van der Waals surface area contributed by atoms with Gasteiger partial charge in [-0.3, -0.25) is 19.1 Å². The summed E-state index contributed by atoms with van der Waals surface area (Å²) in [5.41, 5.74) is 0.888. The summed E-state index contributed by atoms with van der Waals surface area (Å²) < 4.78 is 3.09. The number of aromatic nitrogens is 5. The van der Waals surface area contributed by atoms with E-state index >= 15 is 0 Å². The fourth-order valence-corrected chi connectivity index (χ4v) is 3.70. The number of nitrogens with zero attached hydrogens (tertiary/aromatic N) is 4. The Kier molecular flexibility index (Phi) is 6.21. The molecular weight excluding hydrogens is 420 g/mol. The predicted octanol–water partition coefficient (Wildman–Crippen LogP) is 3.12. The van der Waals surface area contributed by atoms with Gasteiger partial charge < -0.3 is 5.32 Å². The summed E-state index contributed by atoms with van der Waals surface area (Å²) in [6.07, 6.45) is 2.28. The van der Waals surface area contributed by atoms with Gasteiger partial charge in [0.2, 0.25) is 0 Å². The van der Waals surface area contributed by atoms with Gasteiger partial charge in [-0.25, -0.2) is 14.5 Å². The molecule has 33 heavy (non-hydrogen) atoms. The van der Waals surface area contributed by atoms with Gasteiger partial charge in [0.1, 0.15) is 5.82 Å². The Morgan fingerprint density at radius 2 is 1.91 bits per heavy atom. The number of benzene rings is 1. The third kappa shape index (κ3) is 4.48. The summed E-state index contributed by atoms with van der Waals surface area (Å²) in [4.78, 5) is 45.5. The van der Waals surface area contributed by atoms with E-state index in [2.05, 4.69) is 20.4 Å². The van der Waals surface area contributed by atoms with Crippen LogP contribution in [-0.2, 0) is 13.1 Å². The molecule has 0 atom stereocenters. The van der Waals surface area contributed by atoms with Crippen LogP contribution in [0.15, 0.2) is 58.3 Å². The number of H-pyrrole nitrogens is 1. The highest BCUT2D eigenvalue weighted by atomic mass is 16.2. The van der Waals surface area contributed by atoms with Crippen molar-refractivity contribution in [2.45, 2.75) is 46.2 Å². The number of aromatic amines is 1. The molecule has 0 saturated heterocycles. The maximum Gasteiger partial charge on any atom is 0.329 e. The van der Waals surface area contributed by atoms with Crippen molar-refractivity contribution in [2.24, 2.45) is 0 Å². The number of rotatable bonds is 7. The fraction of sp³-hybridized carbons (Fsp3) is 0.292. The average Bonchev–Trinajstić information content (AvgIpc) is 3.22. The molecule has 170 valence electrons. The smallest absolute Gasteiger partial charge is 0.307 e. The molecule has 2 N–H and O–H groups in total. The van der Waals surface area contributed by atoms with E-state index in [4.69, 9.17) is 0 Å². The number of nitrogens with one attached hydrogen (secondary N) is 2. The third-order valence-electron chi connectivity index (χ3n) is 5.39. The molecule has 0 aliphatic carbocycles. The quantitative estimate of drug-likeness (QED) is 0.453. The summed E-state index contributed by atoms with van der Waals surface area (Å²) in [6.45, 7) is 6.68. The minimum Gasteiger partial charge on any atom is -0.307 e. The zero-order valence-corrected chi connectivity index (χ0v) is 18.8. The molecule has 0 bridgehead atoms. The summed E-state index contributed by atoms with van der Waals surface area (Å²) in [6, 6.07) is 13.1. The molecule has 0 aliphatic heterocycles. The fourth-order valence-electron chi connectivity index (χ4n) is 3.70. The lowest BCUT2D eigenvalue weighted by Crippen LogP contribution is -2.32.